The van der Waals surface area contributed by atoms with Gasteiger partial charge in [-0.15, -0.1) is 0 Å². The van der Waals surface area contributed by atoms with E-state index < -0.39 is 0 Å². The molecule has 0 amide bonds. The highest BCUT2D eigenvalue weighted by atomic mass is 16.1. The first-order chi connectivity index (χ1) is 6.04. The Kier molecular flexibility index (Phi) is 5.97. The van der Waals surface area contributed by atoms with E-state index in [0.717, 1.165) is 19.3 Å². The molecule has 78 valence electrons. The van der Waals surface area contributed by atoms with Crippen LogP contribution < -0.4 is 5.73 Å². The van der Waals surface area contributed by atoms with Crippen molar-refractivity contribution in [2.45, 2.75) is 53.0 Å². The molecule has 2 nitrogen and oxygen atoms in total. The number of carbonyl (C=O) groups is 1. The Morgan fingerprint density at radius 3 is 2.23 bits per heavy atom. The van der Waals surface area contributed by atoms with Crippen molar-refractivity contribution in [3.8, 4) is 0 Å². The lowest BCUT2D eigenvalue weighted by atomic mass is 9.88. The smallest absolute Gasteiger partial charge is 0.152 e. The minimum absolute atomic E-state index is 0.133. The molecule has 0 aliphatic heterocycles. The molecule has 0 aliphatic rings. The third-order valence-corrected chi connectivity index (χ3v) is 2.79. The summed E-state index contributed by atoms with van der Waals surface area (Å²) in [6.07, 6.45) is 2.99. The van der Waals surface area contributed by atoms with Gasteiger partial charge in [0, 0.05) is 5.92 Å². The molecular formula is C11H23NO. The summed E-state index contributed by atoms with van der Waals surface area (Å²) in [5.74, 6) is 0.678. The van der Waals surface area contributed by atoms with E-state index in [4.69, 9.17) is 5.73 Å². The van der Waals surface area contributed by atoms with Crippen LogP contribution in [0.25, 0.3) is 0 Å². The molecule has 0 bridgehead atoms. The van der Waals surface area contributed by atoms with Crippen LogP contribution in [0.1, 0.15) is 47.0 Å². The highest BCUT2D eigenvalue weighted by molar-refractivity contribution is 5.86. The summed E-state index contributed by atoms with van der Waals surface area (Å²) in [6, 6.07) is -0.258. The van der Waals surface area contributed by atoms with E-state index >= 15 is 0 Å². The van der Waals surface area contributed by atoms with E-state index in [2.05, 4.69) is 13.8 Å². The number of hydrogen-bond donors (Lipinski definition) is 1. The number of carbonyl (C=O) groups excluding carboxylic acids is 1. The zero-order valence-corrected chi connectivity index (χ0v) is 9.34. The van der Waals surface area contributed by atoms with Crippen molar-refractivity contribution in [1.82, 2.24) is 0 Å². The molecule has 3 unspecified atom stereocenters. The van der Waals surface area contributed by atoms with Crippen LogP contribution in [0, 0.1) is 11.8 Å². The third-order valence-electron chi connectivity index (χ3n) is 2.79. The van der Waals surface area contributed by atoms with Crippen molar-refractivity contribution in [3.05, 3.63) is 0 Å². The van der Waals surface area contributed by atoms with Crippen LogP contribution in [0.2, 0.25) is 0 Å². The summed E-state index contributed by atoms with van der Waals surface area (Å²) in [5, 5.41) is 0. The fourth-order valence-electron chi connectivity index (χ4n) is 1.44. The maximum absolute atomic E-state index is 11.7. The zero-order valence-electron chi connectivity index (χ0n) is 9.34. The fraction of sp³-hybridized carbons (Fsp3) is 0.909. The van der Waals surface area contributed by atoms with Gasteiger partial charge < -0.3 is 5.73 Å². The molecule has 0 aromatic rings. The van der Waals surface area contributed by atoms with Crippen LogP contribution in [0.5, 0.6) is 0 Å². The second kappa shape index (κ2) is 6.14. The maximum atomic E-state index is 11.7. The molecule has 0 fully saturated rings. The third kappa shape index (κ3) is 3.90. The molecule has 0 aromatic heterocycles. The molecule has 2 N–H and O–H groups in total. The second-order valence-corrected chi connectivity index (χ2v) is 4.00. The monoisotopic (exact) mass is 185 g/mol. The maximum Gasteiger partial charge on any atom is 0.152 e. The number of Topliss-reactive ketones (excluding diaryl/α,β-unsaturated/α-hetero) is 1. The van der Waals surface area contributed by atoms with Gasteiger partial charge in [0.25, 0.3) is 0 Å². The van der Waals surface area contributed by atoms with Gasteiger partial charge in [-0.3, -0.25) is 4.79 Å². The number of ketones is 1. The SMILES string of the molecule is CCCC(C)C(=O)C(N)C(C)CC. The predicted octanol–water partition coefficient (Wildman–Crippen LogP) is 2.37. The van der Waals surface area contributed by atoms with Gasteiger partial charge in [-0.1, -0.05) is 40.5 Å². The van der Waals surface area contributed by atoms with E-state index in [9.17, 15) is 4.79 Å². The molecule has 0 rings (SSSR count). The van der Waals surface area contributed by atoms with Crippen molar-refractivity contribution < 1.29 is 4.79 Å². The highest BCUT2D eigenvalue weighted by Crippen LogP contribution is 2.14. The van der Waals surface area contributed by atoms with E-state index in [1.165, 1.54) is 0 Å². The number of nitrogens with two attached hydrogens (primary N) is 1. The summed E-state index contributed by atoms with van der Waals surface area (Å²) in [4.78, 5) is 11.7. The van der Waals surface area contributed by atoms with E-state index in [1.54, 1.807) is 0 Å². The molecule has 2 heteroatoms. The van der Waals surface area contributed by atoms with Gasteiger partial charge in [0.2, 0.25) is 0 Å². The Hall–Kier alpha value is -0.370. The topological polar surface area (TPSA) is 43.1 Å². The van der Waals surface area contributed by atoms with Crippen LogP contribution in [-0.4, -0.2) is 11.8 Å². The van der Waals surface area contributed by atoms with Crippen molar-refractivity contribution in [2.75, 3.05) is 0 Å². The fourth-order valence-corrected chi connectivity index (χ4v) is 1.44. The lowest BCUT2D eigenvalue weighted by molar-refractivity contribution is -0.124. The summed E-state index contributed by atoms with van der Waals surface area (Å²) >= 11 is 0. The average Bonchev–Trinajstić information content (AvgIpc) is 2.14. The first kappa shape index (κ1) is 12.6. The molecule has 0 aromatic carbocycles. The molecule has 0 saturated carbocycles. The Morgan fingerprint density at radius 1 is 1.31 bits per heavy atom. The van der Waals surface area contributed by atoms with Gasteiger partial charge in [-0.05, 0) is 12.3 Å². The highest BCUT2D eigenvalue weighted by Gasteiger charge is 2.23. The molecule has 0 heterocycles. The van der Waals surface area contributed by atoms with E-state index in [1.807, 2.05) is 13.8 Å². The Bertz CT molecular complexity index is 156. The van der Waals surface area contributed by atoms with Gasteiger partial charge in [0.15, 0.2) is 5.78 Å². The number of hydrogen-bond acceptors (Lipinski definition) is 2. The second-order valence-electron chi connectivity index (χ2n) is 4.00. The van der Waals surface area contributed by atoms with Crippen LogP contribution >= 0.6 is 0 Å². The predicted molar refractivity (Wildman–Crippen MR) is 56.5 cm³/mol. The minimum atomic E-state index is -0.258. The Morgan fingerprint density at radius 2 is 1.85 bits per heavy atom. The lowest BCUT2D eigenvalue weighted by Gasteiger charge is -2.20. The van der Waals surface area contributed by atoms with Gasteiger partial charge in [-0.25, -0.2) is 0 Å². The Balaban J connectivity index is 4.08. The lowest BCUT2D eigenvalue weighted by Crippen LogP contribution is -2.39. The zero-order chi connectivity index (χ0) is 10.4. The Labute approximate surface area is 81.9 Å². The molecule has 3 atom stereocenters. The molecule has 0 saturated heterocycles. The van der Waals surface area contributed by atoms with Crippen molar-refractivity contribution in [1.29, 1.82) is 0 Å². The normalized spacial score (nSPS) is 17.9. The van der Waals surface area contributed by atoms with Gasteiger partial charge in [0.05, 0.1) is 6.04 Å². The molecule has 0 aliphatic carbocycles. The molecular weight excluding hydrogens is 162 g/mol. The first-order valence-corrected chi connectivity index (χ1v) is 5.33. The number of rotatable bonds is 6. The molecule has 0 spiro atoms. The largest absolute Gasteiger partial charge is 0.321 e. The van der Waals surface area contributed by atoms with Crippen LogP contribution in [-0.2, 0) is 4.79 Å². The summed E-state index contributed by atoms with van der Waals surface area (Å²) < 4.78 is 0. The van der Waals surface area contributed by atoms with Crippen molar-refractivity contribution in [2.24, 2.45) is 17.6 Å². The van der Waals surface area contributed by atoms with Crippen molar-refractivity contribution in [3.63, 3.8) is 0 Å². The first-order valence-electron chi connectivity index (χ1n) is 5.33. The van der Waals surface area contributed by atoms with Gasteiger partial charge in [0.1, 0.15) is 0 Å². The van der Waals surface area contributed by atoms with Gasteiger partial charge in [-0.2, -0.15) is 0 Å². The van der Waals surface area contributed by atoms with Crippen LogP contribution in [0.4, 0.5) is 0 Å². The standard InChI is InChI=1S/C11H23NO/c1-5-7-9(4)11(13)10(12)8(3)6-2/h8-10H,5-7,12H2,1-4H3. The minimum Gasteiger partial charge on any atom is -0.321 e. The average molecular weight is 185 g/mol. The van der Waals surface area contributed by atoms with E-state index in [0.29, 0.717) is 5.92 Å². The van der Waals surface area contributed by atoms with Crippen molar-refractivity contribution >= 4 is 5.78 Å². The molecule has 13 heavy (non-hydrogen) atoms. The molecule has 0 radical (unpaired) electrons. The van der Waals surface area contributed by atoms with Crippen LogP contribution in [0.3, 0.4) is 0 Å². The van der Waals surface area contributed by atoms with Gasteiger partial charge >= 0.3 is 0 Å². The summed E-state index contributed by atoms with van der Waals surface area (Å²) in [7, 11) is 0. The van der Waals surface area contributed by atoms with Crippen LogP contribution in [0.15, 0.2) is 0 Å². The quantitative estimate of drug-likeness (QED) is 0.690. The summed E-state index contributed by atoms with van der Waals surface area (Å²) in [6.45, 7) is 8.19. The van der Waals surface area contributed by atoms with E-state index in [-0.39, 0.29) is 17.7 Å². The summed E-state index contributed by atoms with van der Waals surface area (Å²) in [5.41, 5.74) is 5.85.